The Hall–Kier alpha value is -1.81. The van der Waals surface area contributed by atoms with Crippen LogP contribution in [0.3, 0.4) is 0 Å². The van der Waals surface area contributed by atoms with Gasteiger partial charge in [-0.1, -0.05) is 0 Å². The second kappa shape index (κ2) is 4.63. The third kappa shape index (κ3) is 2.43. The van der Waals surface area contributed by atoms with E-state index >= 15 is 0 Å². The number of fused-ring (bicyclic) bond motifs is 3. The van der Waals surface area contributed by atoms with E-state index in [1.807, 2.05) is 39.0 Å². The van der Waals surface area contributed by atoms with Crippen LogP contribution in [0.5, 0.6) is 0 Å². The standard InChI is InChI=1S/C16H20N2O2/c1-16(2,3)20-15(19)10-4-5-13-11(8-10)12-9-17-7-6-14(12)18-13/h4-5,8,17-18H,6-7,9H2,1-3H3. The van der Waals surface area contributed by atoms with Gasteiger partial charge in [-0.25, -0.2) is 4.79 Å². The summed E-state index contributed by atoms with van der Waals surface area (Å²) in [6, 6.07) is 5.73. The highest BCUT2D eigenvalue weighted by molar-refractivity contribution is 5.96. The van der Waals surface area contributed by atoms with Crippen LogP contribution in [0.4, 0.5) is 0 Å². The molecular formula is C16H20N2O2. The number of aromatic amines is 1. The van der Waals surface area contributed by atoms with Crippen LogP contribution in [0.1, 0.15) is 42.4 Å². The van der Waals surface area contributed by atoms with Crippen LogP contribution in [0, 0.1) is 0 Å². The molecule has 2 heterocycles. The summed E-state index contributed by atoms with van der Waals surface area (Å²) in [6.45, 7) is 7.49. The summed E-state index contributed by atoms with van der Waals surface area (Å²) in [5.41, 5.74) is 3.79. The van der Waals surface area contributed by atoms with Crippen molar-refractivity contribution in [2.45, 2.75) is 39.3 Å². The van der Waals surface area contributed by atoms with Gasteiger partial charge in [-0.05, 0) is 44.5 Å². The van der Waals surface area contributed by atoms with Crippen molar-refractivity contribution in [2.75, 3.05) is 6.54 Å². The predicted molar refractivity (Wildman–Crippen MR) is 78.9 cm³/mol. The van der Waals surface area contributed by atoms with Crippen LogP contribution in [0.25, 0.3) is 10.9 Å². The first-order valence-electron chi connectivity index (χ1n) is 7.01. The molecule has 0 aliphatic carbocycles. The number of rotatable bonds is 1. The van der Waals surface area contributed by atoms with Crippen LogP contribution < -0.4 is 5.32 Å². The van der Waals surface area contributed by atoms with Gasteiger partial charge in [0.2, 0.25) is 0 Å². The quantitative estimate of drug-likeness (QED) is 0.785. The van der Waals surface area contributed by atoms with Gasteiger partial charge in [0.25, 0.3) is 0 Å². The van der Waals surface area contributed by atoms with Crippen molar-refractivity contribution in [2.24, 2.45) is 0 Å². The molecule has 0 saturated heterocycles. The first-order valence-corrected chi connectivity index (χ1v) is 7.01. The Morgan fingerprint density at radius 2 is 2.10 bits per heavy atom. The largest absolute Gasteiger partial charge is 0.456 e. The van der Waals surface area contributed by atoms with Gasteiger partial charge in [-0.2, -0.15) is 0 Å². The maximum Gasteiger partial charge on any atom is 0.338 e. The molecule has 0 spiro atoms. The monoisotopic (exact) mass is 272 g/mol. The molecule has 0 amide bonds. The van der Waals surface area contributed by atoms with Crippen molar-refractivity contribution in [3.63, 3.8) is 0 Å². The zero-order valence-electron chi connectivity index (χ0n) is 12.2. The zero-order chi connectivity index (χ0) is 14.3. The second-order valence-corrected chi connectivity index (χ2v) is 6.27. The maximum absolute atomic E-state index is 12.1. The molecule has 1 aromatic carbocycles. The lowest BCUT2D eigenvalue weighted by Gasteiger charge is -2.19. The van der Waals surface area contributed by atoms with E-state index in [-0.39, 0.29) is 5.97 Å². The molecule has 0 atom stereocenters. The molecule has 0 saturated carbocycles. The average molecular weight is 272 g/mol. The molecule has 0 fully saturated rings. The van der Waals surface area contributed by atoms with Gasteiger partial charge in [0.05, 0.1) is 5.56 Å². The highest BCUT2D eigenvalue weighted by atomic mass is 16.6. The average Bonchev–Trinajstić information content (AvgIpc) is 2.74. The van der Waals surface area contributed by atoms with Crippen molar-refractivity contribution in [3.8, 4) is 0 Å². The fraction of sp³-hybridized carbons (Fsp3) is 0.438. The van der Waals surface area contributed by atoms with Gasteiger partial charge in [0, 0.05) is 36.1 Å². The lowest BCUT2D eigenvalue weighted by molar-refractivity contribution is 0.00697. The Bertz CT molecular complexity index is 665. The summed E-state index contributed by atoms with van der Waals surface area (Å²) >= 11 is 0. The summed E-state index contributed by atoms with van der Waals surface area (Å²) in [5.74, 6) is -0.266. The van der Waals surface area contributed by atoms with Crippen LogP contribution in [-0.2, 0) is 17.7 Å². The van der Waals surface area contributed by atoms with E-state index in [1.54, 1.807) is 0 Å². The molecule has 0 unspecified atom stereocenters. The molecule has 1 aromatic heterocycles. The second-order valence-electron chi connectivity index (χ2n) is 6.27. The molecule has 106 valence electrons. The van der Waals surface area contributed by atoms with E-state index in [2.05, 4.69) is 10.3 Å². The van der Waals surface area contributed by atoms with Crippen molar-refractivity contribution >= 4 is 16.9 Å². The van der Waals surface area contributed by atoms with Gasteiger partial charge in [0.15, 0.2) is 0 Å². The van der Waals surface area contributed by atoms with Crippen LogP contribution in [-0.4, -0.2) is 23.1 Å². The number of nitrogens with one attached hydrogen (secondary N) is 2. The number of carbonyl (C=O) groups excluding carboxylic acids is 1. The number of H-pyrrole nitrogens is 1. The molecule has 0 radical (unpaired) electrons. The molecular weight excluding hydrogens is 252 g/mol. The van der Waals surface area contributed by atoms with Gasteiger partial charge in [-0.15, -0.1) is 0 Å². The van der Waals surface area contributed by atoms with Crippen LogP contribution in [0.15, 0.2) is 18.2 Å². The molecule has 3 rings (SSSR count). The van der Waals surface area contributed by atoms with Crippen molar-refractivity contribution < 1.29 is 9.53 Å². The van der Waals surface area contributed by atoms with E-state index in [0.717, 1.165) is 30.4 Å². The van der Waals surface area contributed by atoms with Crippen LogP contribution in [0.2, 0.25) is 0 Å². The van der Waals surface area contributed by atoms with E-state index in [9.17, 15) is 4.79 Å². The number of benzene rings is 1. The van der Waals surface area contributed by atoms with E-state index in [4.69, 9.17) is 4.74 Å². The molecule has 1 aliphatic heterocycles. The number of carbonyl (C=O) groups is 1. The van der Waals surface area contributed by atoms with Crippen LogP contribution >= 0.6 is 0 Å². The van der Waals surface area contributed by atoms with Crippen molar-refractivity contribution in [1.82, 2.24) is 10.3 Å². The third-order valence-electron chi connectivity index (χ3n) is 3.48. The summed E-state index contributed by atoms with van der Waals surface area (Å²) in [5, 5.41) is 4.49. The highest BCUT2D eigenvalue weighted by Gasteiger charge is 2.20. The van der Waals surface area contributed by atoms with Gasteiger partial charge < -0.3 is 15.0 Å². The van der Waals surface area contributed by atoms with Crippen molar-refractivity contribution in [1.29, 1.82) is 0 Å². The summed E-state index contributed by atoms with van der Waals surface area (Å²) in [7, 11) is 0. The Morgan fingerprint density at radius 3 is 2.85 bits per heavy atom. The molecule has 0 bridgehead atoms. The number of esters is 1. The van der Waals surface area contributed by atoms with Crippen molar-refractivity contribution in [3.05, 3.63) is 35.0 Å². The smallest absolute Gasteiger partial charge is 0.338 e. The minimum absolute atomic E-state index is 0.266. The first-order chi connectivity index (χ1) is 9.44. The lowest BCUT2D eigenvalue weighted by atomic mass is 10.0. The van der Waals surface area contributed by atoms with Gasteiger partial charge >= 0.3 is 5.97 Å². The fourth-order valence-electron chi connectivity index (χ4n) is 2.61. The summed E-state index contributed by atoms with van der Waals surface area (Å²) in [4.78, 5) is 15.6. The Kier molecular flexibility index (Phi) is 3.05. The number of hydrogen-bond acceptors (Lipinski definition) is 3. The Morgan fingerprint density at radius 1 is 1.30 bits per heavy atom. The van der Waals surface area contributed by atoms with Gasteiger partial charge in [-0.3, -0.25) is 0 Å². The predicted octanol–water partition coefficient (Wildman–Crippen LogP) is 2.77. The SMILES string of the molecule is CC(C)(C)OC(=O)c1ccc2[nH]c3c(c2c1)CNCC3. The minimum Gasteiger partial charge on any atom is -0.456 e. The van der Waals surface area contributed by atoms with Gasteiger partial charge in [0.1, 0.15) is 5.60 Å². The number of ether oxygens (including phenoxy) is 1. The van der Waals surface area contributed by atoms with E-state index < -0.39 is 5.60 Å². The molecule has 1 aliphatic rings. The van der Waals surface area contributed by atoms with E-state index in [0.29, 0.717) is 5.56 Å². The molecule has 2 N–H and O–H groups in total. The molecule has 4 nitrogen and oxygen atoms in total. The maximum atomic E-state index is 12.1. The Balaban J connectivity index is 2.00. The molecule has 20 heavy (non-hydrogen) atoms. The molecule has 4 heteroatoms. The first kappa shape index (κ1) is 13.2. The van der Waals surface area contributed by atoms with E-state index in [1.165, 1.54) is 11.3 Å². The fourth-order valence-corrected chi connectivity index (χ4v) is 2.61. The topological polar surface area (TPSA) is 54.1 Å². The third-order valence-corrected chi connectivity index (χ3v) is 3.48. The Labute approximate surface area is 118 Å². The lowest BCUT2D eigenvalue weighted by Crippen LogP contribution is -2.24. The number of aromatic nitrogens is 1. The summed E-state index contributed by atoms with van der Waals surface area (Å²) in [6.07, 6.45) is 1.01. The normalized spacial score (nSPS) is 15.2. The summed E-state index contributed by atoms with van der Waals surface area (Å²) < 4.78 is 5.43. The molecule has 2 aromatic rings. The number of hydrogen-bond donors (Lipinski definition) is 2. The zero-order valence-corrected chi connectivity index (χ0v) is 12.2. The highest BCUT2D eigenvalue weighted by Crippen LogP contribution is 2.26. The minimum atomic E-state index is -0.467.